The lowest BCUT2D eigenvalue weighted by molar-refractivity contribution is 0.0995. The van der Waals surface area contributed by atoms with Gasteiger partial charge in [0.2, 0.25) is 0 Å². The third kappa shape index (κ3) is 2.13. The van der Waals surface area contributed by atoms with Crippen molar-refractivity contribution < 1.29 is 14.0 Å². The molecule has 4 heteroatoms. The molecule has 0 atom stereocenters. The Kier molecular flexibility index (Phi) is 3.19. The molecule has 0 bridgehead atoms. The Morgan fingerprint density at radius 3 is 2.30 bits per heavy atom. The van der Waals surface area contributed by atoms with Gasteiger partial charge < -0.3 is 4.57 Å². The lowest BCUT2D eigenvalue weighted by Crippen LogP contribution is -2.13. The summed E-state index contributed by atoms with van der Waals surface area (Å²) in [5, 5.41) is 1.89. The van der Waals surface area contributed by atoms with Crippen molar-refractivity contribution in [3.8, 4) is 11.1 Å². The maximum absolute atomic E-state index is 13.5. The highest BCUT2D eigenvalue weighted by Crippen LogP contribution is 2.41. The van der Waals surface area contributed by atoms with Gasteiger partial charge in [-0.15, -0.1) is 0 Å². The number of carbonyl (C=O) groups excluding carboxylic acids is 2. The molecule has 0 radical (unpaired) electrons. The fourth-order valence-corrected chi connectivity index (χ4v) is 3.99. The number of benzene rings is 3. The molecule has 3 nitrogen and oxygen atoms in total. The number of rotatable bonds is 1. The van der Waals surface area contributed by atoms with Gasteiger partial charge in [-0.05, 0) is 42.0 Å². The molecule has 0 amide bonds. The van der Waals surface area contributed by atoms with Crippen LogP contribution in [-0.4, -0.2) is 16.1 Å². The highest BCUT2D eigenvalue weighted by atomic mass is 19.1. The van der Waals surface area contributed by atoms with Crippen LogP contribution < -0.4 is 0 Å². The molecular weight excluding hydrogens is 341 g/mol. The van der Waals surface area contributed by atoms with E-state index in [1.807, 2.05) is 35.9 Å². The largest absolute Gasteiger partial charge is 0.344 e. The van der Waals surface area contributed by atoms with Crippen LogP contribution in [-0.2, 0) is 7.05 Å². The molecule has 130 valence electrons. The van der Waals surface area contributed by atoms with Gasteiger partial charge in [0.15, 0.2) is 11.6 Å². The van der Waals surface area contributed by atoms with E-state index >= 15 is 0 Å². The summed E-state index contributed by atoms with van der Waals surface area (Å²) < 4.78 is 15.5. The summed E-state index contributed by atoms with van der Waals surface area (Å²) in [5.74, 6) is -0.751. The van der Waals surface area contributed by atoms with Crippen LogP contribution in [0.3, 0.4) is 0 Å². The first kappa shape index (κ1) is 15.7. The molecular formula is C23H14FNO2. The molecule has 0 saturated carbocycles. The van der Waals surface area contributed by atoms with Crippen molar-refractivity contribution in [2.75, 3.05) is 0 Å². The molecule has 3 aromatic carbocycles. The van der Waals surface area contributed by atoms with Gasteiger partial charge in [0, 0.05) is 40.0 Å². The van der Waals surface area contributed by atoms with E-state index in [1.165, 1.54) is 24.3 Å². The second-order valence-electron chi connectivity index (χ2n) is 6.71. The number of halogens is 1. The van der Waals surface area contributed by atoms with Crippen molar-refractivity contribution in [2.24, 2.45) is 7.05 Å². The molecule has 5 rings (SSSR count). The van der Waals surface area contributed by atoms with E-state index in [4.69, 9.17) is 0 Å². The van der Waals surface area contributed by atoms with Crippen LogP contribution in [0.1, 0.15) is 20.7 Å². The van der Waals surface area contributed by atoms with Crippen LogP contribution in [0, 0.1) is 5.82 Å². The molecule has 1 aliphatic carbocycles. The first-order valence-electron chi connectivity index (χ1n) is 8.63. The van der Waals surface area contributed by atoms with Crippen molar-refractivity contribution in [2.45, 2.75) is 0 Å². The second-order valence-corrected chi connectivity index (χ2v) is 6.71. The molecule has 0 unspecified atom stereocenters. The predicted molar refractivity (Wildman–Crippen MR) is 104 cm³/mol. The summed E-state index contributed by atoms with van der Waals surface area (Å²) >= 11 is 0. The quantitative estimate of drug-likeness (QED) is 0.478. The Balaban J connectivity index is 2.06. The SMILES string of the molecule is Cn1c2ccccc2c2c(-c3ccc(F)cc3)c3c(cc21)C(=O)C=CC3=O. The summed E-state index contributed by atoms with van der Waals surface area (Å²) in [5.41, 5.74) is 4.04. The maximum atomic E-state index is 13.5. The second kappa shape index (κ2) is 5.48. The number of allylic oxidation sites excluding steroid dienone is 2. The number of hydrogen-bond donors (Lipinski definition) is 0. The van der Waals surface area contributed by atoms with Gasteiger partial charge in [0.25, 0.3) is 0 Å². The summed E-state index contributed by atoms with van der Waals surface area (Å²) in [7, 11) is 1.94. The van der Waals surface area contributed by atoms with Crippen LogP contribution in [0.4, 0.5) is 4.39 Å². The van der Waals surface area contributed by atoms with Crippen LogP contribution in [0.5, 0.6) is 0 Å². The minimum absolute atomic E-state index is 0.194. The van der Waals surface area contributed by atoms with Gasteiger partial charge in [-0.2, -0.15) is 0 Å². The molecule has 0 aliphatic heterocycles. The highest BCUT2D eigenvalue weighted by molar-refractivity contribution is 6.30. The highest BCUT2D eigenvalue weighted by Gasteiger charge is 2.27. The average molecular weight is 355 g/mol. The van der Waals surface area contributed by atoms with E-state index in [1.54, 1.807) is 18.2 Å². The van der Waals surface area contributed by atoms with Crippen molar-refractivity contribution in [3.05, 3.63) is 83.7 Å². The van der Waals surface area contributed by atoms with E-state index < -0.39 is 0 Å². The standard InChI is InChI=1S/C23H14FNO2/c1-25-17-5-3-2-4-15(17)22-18(25)12-16-19(26)10-11-20(27)23(16)21(22)13-6-8-14(24)9-7-13/h2-12H,1H3. The first-order valence-corrected chi connectivity index (χ1v) is 8.63. The number of nitrogens with zero attached hydrogens (tertiary/aromatic N) is 1. The zero-order valence-electron chi connectivity index (χ0n) is 14.5. The number of hydrogen-bond acceptors (Lipinski definition) is 2. The van der Waals surface area contributed by atoms with Crippen LogP contribution in [0.15, 0.2) is 66.7 Å². The monoisotopic (exact) mass is 355 g/mol. The summed E-state index contributed by atoms with van der Waals surface area (Å²) in [4.78, 5) is 25.3. The average Bonchev–Trinajstić information content (AvgIpc) is 2.97. The normalized spacial score (nSPS) is 13.6. The molecule has 0 spiro atoms. The number of aryl methyl sites for hydroxylation is 1. The molecule has 0 fully saturated rings. The molecule has 1 aromatic heterocycles. The fraction of sp³-hybridized carbons (Fsp3) is 0.0435. The molecule has 1 heterocycles. The number of para-hydroxylation sites is 1. The lowest BCUT2D eigenvalue weighted by Gasteiger charge is -2.17. The van der Waals surface area contributed by atoms with E-state index in [2.05, 4.69) is 0 Å². The lowest BCUT2D eigenvalue weighted by atomic mass is 9.85. The molecule has 0 N–H and O–H groups in total. The third-order valence-corrected chi connectivity index (χ3v) is 5.23. The molecule has 0 saturated heterocycles. The Hall–Kier alpha value is -3.53. The van der Waals surface area contributed by atoms with Crippen LogP contribution in [0.2, 0.25) is 0 Å². The van der Waals surface area contributed by atoms with E-state index in [0.717, 1.165) is 21.8 Å². The van der Waals surface area contributed by atoms with Gasteiger partial charge >= 0.3 is 0 Å². The van der Waals surface area contributed by atoms with Gasteiger partial charge in [0.1, 0.15) is 5.82 Å². The summed E-state index contributed by atoms with van der Waals surface area (Å²) in [6, 6.07) is 15.8. The number of fused-ring (bicyclic) bond motifs is 4. The minimum Gasteiger partial charge on any atom is -0.344 e. The Morgan fingerprint density at radius 1 is 0.815 bits per heavy atom. The maximum Gasteiger partial charge on any atom is 0.187 e. The van der Waals surface area contributed by atoms with Crippen molar-refractivity contribution in [1.82, 2.24) is 4.57 Å². The van der Waals surface area contributed by atoms with Gasteiger partial charge in [0.05, 0.1) is 5.52 Å². The third-order valence-electron chi connectivity index (χ3n) is 5.23. The van der Waals surface area contributed by atoms with E-state index in [-0.39, 0.29) is 17.4 Å². The van der Waals surface area contributed by atoms with E-state index in [0.29, 0.717) is 22.3 Å². The smallest absolute Gasteiger partial charge is 0.187 e. The number of ketones is 2. The fourth-order valence-electron chi connectivity index (χ4n) is 3.99. The minimum atomic E-state index is -0.347. The van der Waals surface area contributed by atoms with Crippen molar-refractivity contribution >= 4 is 33.4 Å². The Labute approximate surface area is 154 Å². The van der Waals surface area contributed by atoms with Crippen molar-refractivity contribution in [1.29, 1.82) is 0 Å². The van der Waals surface area contributed by atoms with E-state index in [9.17, 15) is 14.0 Å². The first-order chi connectivity index (χ1) is 13.1. The molecule has 27 heavy (non-hydrogen) atoms. The van der Waals surface area contributed by atoms with Gasteiger partial charge in [-0.25, -0.2) is 4.39 Å². The topological polar surface area (TPSA) is 39.1 Å². The Morgan fingerprint density at radius 2 is 1.52 bits per heavy atom. The summed E-state index contributed by atoms with van der Waals surface area (Å²) in [6.45, 7) is 0. The van der Waals surface area contributed by atoms with Crippen LogP contribution in [0.25, 0.3) is 32.9 Å². The van der Waals surface area contributed by atoms with Gasteiger partial charge in [-0.1, -0.05) is 30.3 Å². The molecule has 4 aromatic rings. The zero-order valence-corrected chi connectivity index (χ0v) is 14.5. The van der Waals surface area contributed by atoms with Crippen molar-refractivity contribution in [3.63, 3.8) is 0 Å². The molecule has 1 aliphatic rings. The summed E-state index contributed by atoms with van der Waals surface area (Å²) in [6.07, 6.45) is 2.63. The van der Waals surface area contributed by atoms with Crippen LogP contribution >= 0.6 is 0 Å². The number of carbonyl (C=O) groups is 2. The Bertz CT molecular complexity index is 1310. The van der Waals surface area contributed by atoms with Gasteiger partial charge in [-0.3, -0.25) is 9.59 Å². The predicted octanol–water partition coefficient (Wildman–Crippen LogP) is 5.07. The number of aromatic nitrogens is 1. The zero-order chi connectivity index (χ0) is 18.7.